The molecule has 20 heavy (non-hydrogen) atoms. The van der Waals surface area contributed by atoms with Crippen LogP contribution in [0, 0.1) is 0 Å². The Labute approximate surface area is 126 Å². The van der Waals surface area contributed by atoms with Gasteiger partial charge in [0, 0.05) is 33.4 Å². The van der Waals surface area contributed by atoms with Crippen molar-refractivity contribution in [3.63, 3.8) is 0 Å². The lowest BCUT2D eigenvalue weighted by atomic mass is 10.1. The molecule has 0 aliphatic heterocycles. The number of methoxy groups -OCH3 is 2. The zero-order valence-corrected chi connectivity index (χ0v) is 13.3. The fraction of sp³-hybridized carbons (Fsp3) is 0.600. The van der Waals surface area contributed by atoms with E-state index < -0.39 is 0 Å². The molecular weight excluding hydrogens is 276 g/mol. The van der Waals surface area contributed by atoms with Gasteiger partial charge in [0.1, 0.15) is 0 Å². The maximum absolute atomic E-state index is 6.40. The number of ether oxygens (including phenoxy) is 2. The molecular formula is C15H25ClN2O2. The molecule has 0 radical (unpaired) electrons. The number of benzene rings is 1. The van der Waals surface area contributed by atoms with Crippen LogP contribution >= 0.6 is 11.6 Å². The zero-order valence-electron chi connectivity index (χ0n) is 12.6. The maximum atomic E-state index is 6.40. The highest BCUT2D eigenvalue weighted by atomic mass is 35.5. The molecule has 1 atom stereocenters. The monoisotopic (exact) mass is 300 g/mol. The van der Waals surface area contributed by atoms with Crippen molar-refractivity contribution in [1.29, 1.82) is 0 Å². The molecule has 0 bridgehead atoms. The molecule has 0 aliphatic carbocycles. The summed E-state index contributed by atoms with van der Waals surface area (Å²) >= 11 is 6.40. The second-order valence-electron chi connectivity index (χ2n) is 4.94. The molecule has 1 unspecified atom stereocenters. The first-order valence-corrected chi connectivity index (χ1v) is 7.23. The van der Waals surface area contributed by atoms with Crippen LogP contribution in [-0.4, -0.2) is 46.6 Å². The molecule has 0 aromatic heterocycles. The number of halogens is 1. The van der Waals surface area contributed by atoms with E-state index in [4.69, 9.17) is 26.8 Å². The first kappa shape index (κ1) is 17.2. The number of hydrogen-bond acceptors (Lipinski definition) is 4. The molecule has 0 amide bonds. The topological polar surface area (TPSA) is 47.7 Å². The summed E-state index contributed by atoms with van der Waals surface area (Å²) in [6.45, 7) is 4.87. The third-order valence-electron chi connectivity index (χ3n) is 3.04. The van der Waals surface area contributed by atoms with E-state index in [1.807, 2.05) is 19.1 Å². The van der Waals surface area contributed by atoms with Crippen LogP contribution in [0.3, 0.4) is 0 Å². The van der Waals surface area contributed by atoms with Crippen LogP contribution in [0.25, 0.3) is 0 Å². The zero-order chi connectivity index (χ0) is 15.0. The van der Waals surface area contributed by atoms with Crippen molar-refractivity contribution in [2.24, 2.45) is 5.73 Å². The molecule has 114 valence electrons. The van der Waals surface area contributed by atoms with Crippen LogP contribution in [0.15, 0.2) is 18.2 Å². The van der Waals surface area contributed by atoms with Crippen molar-refractivity contribution in [3.8, 4) is 0 Å². The summed E-state index contributed by atoms with van der Waals surface area (Å²) in [6, 6.07) is 6.25. The van der Waals surface area contributed by atoms with Crippen molar-refractivity contribution in [3.05, 3.63) is 28.8 Å². The van der Waals surface area contributed by atoms with Crippen LogP contribution in [0.4, 0.5) is 5.69 Å². The summed E-state index contributed by atoms with van der Waals surface area (Å²) in [5.41, 5.74) is 7.99. The molecule has 0 saturated heterocycles. The Kier molecular flexibility index (Phi) is 7.92. The second-order valence-corrected chi connectivity index (χ2v) is 5.35. The molecule has 1 aromatic rings. The Balaban J connectivity index is 2.83. The van der Waals surface area contributed by atoms with Gasteiger partial charge in [-0.25, -0.2) is 0 Å². The smallest absolute Gasteiger partial charge is 0.0642 e. The first-order chi connectivity index (χ1) is 9.58. The van der Waals surface area contributed by atoms with Crippen molar-refractivity contribution < 1.29 is 9.47 Å². The molecule has 1 aromatic carbocycles. The van der Waals surface area contributed by atoms with Gasteiger partial charge in [-0.2, -0.15) is 0 Å². The normalized spacial score (nSPS) is 12.4. The van der Waals surface area contributed by atoms with Gasteiger partial charge in [-0.15, -0.1) is 0 Å². The van der Waals surface area contributed by atoms with Gasteiger partial charge < -0.3 is 20.1 Å². The molecule has 4 nitrogen and oxygen atoms in total. The summed E-state index contributed by atoms with van der Waals surface area (Å²) in [5.74, 6) is 0. The Morgan fingerprint density at radius 1 is 1.20 bits per heavy atom. The van der Waals surface area contributed by atoms with E-state index in [0.29, 0.717) is 13.2 Å². The van der Waals surface area contributed by atoms with Crippen LogP contribution in [-0.2, 0) is 15.9 Å². The Morgan fingerprint density at radius 2 is 1.80 bits per heavy atom. The number of nitrogens with zero attached hydrogens (tertiary/aromatic N) is 1. The van der Waals surface area contributed by atoms with E-state index >= 15 is 0 Å². The van der Waals surface area contributed by atoms with E-state index in [0.717, 1.165) is 35.8 Å². The van der Waals surface area contributed by atoms with Crippen molar-refractivity contribution in [2.75, 3.05) is 45.4 Å². The fourth-order valence-corrected chi connectivity index (χ4v) is 2.38. The minimum absolute atomic E-state index is 0.134. The lowest BCUT2D eigenvalue weighted by Crippen LogP contribution is -2.30. The van der Waals surface area contributed by atoms with Gasteiger partial charge in [-0.3, -0.25) is 0 Å². The van der Waals surface area contributed by atoms with Crippen LogP contribution in [0.2, 0.25) is 5.02 Å². The highest BCUT2D eigenvalue weighted by Crippen LogP contribution is 2.27. The van der Waals surface area contributed by atoms with Crippen LogP contribution < -0.4 is 10.6 Å². The van der Waals surface area contributed by atoms with Gasteiger partial charge in [0.25, 0.3) is 0 Å². The molecule has 0 heterocycles. The molecule has 5 heteroatoms. The molecule has 1 rings (SSSR count). The fourth-order valence-electron chi connectivity index (χ4n) is 2.06. The summed E-state index contributed by atoms with van der Waals surface area (Å²) in [4.78, 5) is 2.17. The van der Waals surface area contributed by atoms with Crippen LogP contribution in [0.5, 0.6) is 0 Å². The largest absolute Gasteiger partial charge is 0.383 e. The summed E-state index contributed by atoms with van der Waals surface area (Å²) in [7, 11) is 3.39. The van der Waals surface area contributed by atoms with E-state index in [1.165, 1.54) is 0 Å². The quantitative estimate of drug-likeness (QED) is 0.760. The van der Waals surface area contributed by atoms with E-state index in [-0.39, 0.29) is 6.04 Å². The Bertz CT molecular complexity index is 391. The van der Waals surface area contributed by atoms with Gasteiger partial charge in [0.2, 0.25) is 0 Å². The predicted molar refractivity (Wildman–Crippen MR) is 84.8 cm³/mol. The molecule has 0 aliphatic rings. The molecule has 0 saturated carbocycles. The number of anilines is 1. The minimum atomic E-state index is 0.134. The lowest BCUT2D eigenvalue weighted by Gasteiger charge is -2.25. The average Bonchev–Trinajstić information content (AvgIpc) is 2.39. The lowest BCUT2D eigenvalue weighted by molar-refractivity contribution is 0.190. The molecule has 0 fully saturated rings. The van der Waals surface area contributed by atoms with Gasteiger partial charge in [-0.05, 0) is 31.0 Å². The second kappa shape index (κ2) is 9.19. The van der Waals surface area contributed by atoms with Gasteiger partial charge >= 0.3 is 0 Å². The number of hydrogen-bond donors (Lipinski definition) is 1. The molecule has 2 N–H and O–H groups in total. The van der Waals surface area contributed by atoms with Gasteiger partial charge in [-0.1, -0.05) is 17.7 Å². The number of nitrogens with two attached hydrogens (primary N) is 1. The highest BCUT2D eigenvalue weighted by Gasteiger charge is 2.11. The van der Waals surface area contributed by atoms with Crippen molar-refractivity contribution in [1.82, 2.24) is 0 Å². The average molecular weight is 301 g/mol. The van der Waals surface area contributed by atoms with Gasteiger partial charge in [0.15, 0.2) is 0 Å². The SMILES string of the molecule is COCCN(CCOC)c1ccc(CC(C)N)cc1Cl. The summed E-state index contributed by atoms with van der Waals surface area (Å²) < 4.78 is 10.3. The van der Waals surface area contributed by atoms with Gasteiger partial charge in [0.05, 0.1) is 23.9 Å². The van der Waals surface area contributed by atoms with E-state index in [1.54, 1.807) is 14.2 Å². The summed E-state index contributed by atoms with van der Waals surface area (Å²) in [5, 5.41) is 0.746. The number of rotatable bonds is 9. The minimum Gasteiger partial charge on any atom is -0.383 e. The Morgan fingerprint density at radius 3 is 2.25 bits per heavy atom. The van der Waals surface area contributed by atoms with Crippen molar-refractivity contribution in [2.45, 2.75) is 19.4 Å². The standard InChI is InChI=1S/C15H25ClN2O2/c1-12(17)10-13-4-5-15(14(16)11-13)18(6-8-19-2)7-9-20-3/h4-5,11-12H,6-10,17H2,1-3H3. The van der Waals surface area contributed by atoms with Crippen LogP contribution in [0.1, 0.15) is 12.5 Å². The Hall–Kier alpha value is -0.810. The first-order valence-electron chi connectivity index (χ1n) is 6.85. The molecule has 0 spiro atoms. The summed E-state index contributed by atoms with van der Waals surface area (Å²) in [6.07, 6.45) is 0.830. The third-order valence-corrected chi connectivity index (χ3v) is 3.34. The van der Waals surface area contributed by atoms with E-state index in [2.05, 4.69) is 11.0 Å². The van der Waals surface area contributed by atoms with Crippen molar-refractivity contribution >= 4 is 17.3 Å². The highest BCUT2D eigenvalue weighted by molar-refractivity contribution is 6.33. The maximum Gasteiger partial charge on any atom is 0.0642 e. The van der Waals surface area contributed by atoms with E-state index in [9.17, 15) is 0 Å². The predicted octanol–water partition coefficient (Wildman–Crippen LogP) is 2.33. The third kappa shape index (κ3) is 5.67.